The lowest BCUT2D eigenvalue weighted by atomic mass is 10.2. The second-order valence-electron chi connectivity index (χ2n) is 2.59. The Morgan fingerprint density at radius 2 is 1.57 bits per heavy atom. The second-order valence-corrected chi connectivity index (χ2v) is 2.59. The third-order valence-corrected chi connectivity index (χ3v) is 1.34. The summed E-state index contributed by atoms with van der Waals surface area (Å²) >= 11 is 0. The number of hydrogen-bond donors (Lipinski definition) is 2. The quantitative estimate of drug-likeness (QED) is 0.404. The Balaban J connectivity index is 0.000000292. The molecule has 2 N–H and O–H groups in total. The van der Waals surface area contributed by atoms with Gasteiger partial charge < -0.3 is 0 Å². The van der Waals surface area contributed by atoms with Crippen molar-refractivity contribution in [3.05, 3.63) is 35.9 Å². The summed E-state index contributed by atoms with van der Waals surface area (Å²) in [6.07, 6.45) is 0. The van der Waals surface area contributed by atoms with Gasteiger partial charge in [-0.2, -0.15) is 0 Å². The molecule has 0 unspecified atom stereocenters. The zero-order valence-electron chi connectivity index (χ0n) is 8.15. The number of hydroxylamine groups is 1. The van der Waals surface area contributed by atoms with E-state index in [1.54, 1.807) is 6.92 Å². The molecule has 0 aromatic heterocycles. The van der Waals surface area contributed by atoms with E-state index in [2.05, 4.69) is 0 Å². The summed E-state index contributed by atoms with van der Waals surface area (Å²) in [5, 5.41) is 7.54. The van der Waals surface area contributed by atoms with Crippen LogP contribution in [0.5, 0.6) is 0 Å². The molecule has 1 aromatic carbocycles. The number of amides is 1. The van der Waals surface area contributed by atoms with Crippen LogP contribution in [0.15, 0.2) is 30.3 Å². The second kappa shape index (κ2) is 6.80. The summed E-state index contributed by atoms with van der Waals surface area (Å²) in [5.41, 5.74) is 2.16. The number of nitrogens with one attached hydrogen (secondary N) is 1. The third kappa shape index (κ3) is 5.91. The third-order valence-electron chi connectivity index (χ3n) is 1.34. The fraction of sp³-hybridized carbons (Fsp3) is 0.200. The molecular formula is C10H13NO3. The summed E-state index contributed by atoms with van der Waals surface area (Å²) in [7, 11) is 0. The Morgan fingerprint density at radius 3 is 1.79 bits per heavy atom. The van der Waals surface area contributed by atoms with Crippen LogP contribution in [-0.4, -0.2) is 16.9 Å². The number of rotatable bonds is 1. The Morgan fingerprint density at radius 1 is 1.14 bits per heavy atom. The first-order valence-electron chi connectivity index (χ1n) is 4.04. The molecule has 0 saturated carbocycles. The van der Waals surface area contributed by atoms with Gasteiger partial charge in [0.1, 0.15) is 0 Å². The molecule has 0 spiro atoms. The smallest absolute Gasteiger partial charge is 0.240 e. The van der Waals surface area contributed by atoms with E-state index >= 15 is 0 Å². The molecule has 76 valence electrons. The monoisotopic (exact) mass is 195 g/mol. The van der Waals surface area contributed by atoms with Gasteiger partial charge in [-0.1, -0.05) is 30.3 Å². The largest absolute Gasteiger partial charge is 0.295 e. The number of carbonyl (C=O) groups is 2. The van der Waals surface area contributed by atoms with Crippen molar-refractivity contribution < 1.29 is 14.8 Å². The topological polar surface area (TPSA) is 66.4 Å². The van der Waals surface area contributed by atoms with Crippen LogP contribution in [0.25, 0.3) is 0 Å². The zero-order valence-corrected chi connectivity index (χ0v) is 8.15. The van der Waals surface area contributed by atoms with Gasteiger partial charge in [0.25, 0.3) is 0 Å². The van der Waals surface area contributed by atoms with Crippen LogP contribution in [0.3, 0.4) is 0 Å². The van der Waals surface area contributed by atoms with E-state index in [1.165, 1.54) is 12.4 Å². The number of ketones is 1. The van der Waals surface area contributed by atoms with Gasteiger partial charge in [-0.15, -0.1) is 0 Å². The molecule has 14 heavy (non-hydrogen) atoms. The maximum absolute atomic E-state index is 10.6. The van der Waals surface area contributed by atoms with Crippen molar-refractivity contribution in [3.63, 3.8) is 0 Å². The molecule has 1 aromatic rings. The van der Waals surface area contributed by atoms with Crippen LogP contribution in [0.1, 0.15) is 24.2 Å². The van der Waals surface area contributed by atoms with Crippen LogP contribution in [0.4, 0.5) is 0 Å². The van der Waals surface area contributed by atoms with Gasteiger partial charge in [-0.05, 0) is 6.92 Å². The van der Waals surface area contributed by atoms with Crippen molar-refractivity contribution in [1.82, 2.24) is 5.48 Å². The maximum Gasteiger partial charge on any atom is 0.240 e. The van der Waals surface area contributed by atoms with E-state index < -0.39 is 5.91 Å². The van der Waals surface area contributed by atoms with Crippen LogP contribution >= 0.6 is 0 Å². The van der Waals surface area contributed by atoms with Crippen molar-refractivity contribution in [3.8, 4) is 0 Å². The molecule has 0 heterocycles. The number of carbonyl (C=O) groups excluding carboxylic acids is 2. The number of Topliss-reactive ketones (excluding diaryl/α,β-unsaturated/α-hetero) is 1. The van der Waals surface area contributed by atoms with E-state index in [9.17, 15) is 9.59 Å². The highest BCUT2D eigenvalue weighted by Gasteiger charge is 1.92. The summed E-state index contributed by atoms with van der Waals surface area (Å²) in [6, 6.07) is 9.23. The first-order chi connectivity index (χ1) is 6.57. The van der Waals surface area contributed by atoms with Crippen LogP contribution in [0.2, 0.25) is 0 Å². The molecule has 1 rings (SSSR count). The zero-order chi connectivity index (χ0) is 11.0. The molecule has 0 fully saturated rings. The van der Waals surface area contributed by atoms with Crippen molar-refractivity contribution in [2.45, 2.75) is 13.8 Å². The predicted molar refractivity (Wildman–Crippen MR) is 52.0 cm³/mol. The fourth-order valence-corrected chi connectivity index (χ4v) is 0.673. The molecule has 0 saturated heterocycles. The molecule has 0 radical (unpaired) electrons. The maximum atomic E-state index is 10.6. The van der Waals surface area contributed by atoms with E-state index in [0.29, 0.717) is 0 Å². The minimum absolute atomic E-state index is 0.121. The standard InChI is InChI=1S/C8H8O.C2H5NO2/c1-7(9)8-5-3-2-4-6-8;1-2(4)3-5/h2-6H,1H3;5H,1H3,(H,3,4). The molecule has 4 heteroatoms. The van der Waals surface area contributed by atoms with Gasteiger partial charge in [0.2, 0.25) is 5.91 Å². The van der Waals surface area contributed by atoms with Crippen molar-refractivity contribution >= 4 is 11.7 Å². The van der Waals surface area contributed by atoms with Gasteiger partial charge in [0.15, 0.2) is 5.78 Å². The van der Waals surface area contributed by atoms with Crippen LogP contribution in [-0.2, 0) is 4.79 Å². The fourth-order valence-electron chi connectivity index (χ4n) is 0.673. The first-order valence-corrected chi connectivity index (χ1v) is 4.04. The molecule has 0 atom stereocenters. The lowest BCUT2D eigenvalue weighted by Gasteiger charge is -1.89. The predicted octanol–water partition coefficient (Wildman–Crippen LogP) is 1.40. The van der Waals surface area contributed by atoms with Crippen LogP contribution in [0, 0.1) is 0 Å². The SMILES string of the molecule is CC(=O)NO.CC(=O)c1ccccc1. The highest BCUT2D eigenvalue weighted by molar-refractivity contribution is 5.93. The number of hydrogen-bond acceptors (Lipinski definition) is 3. The first kappa shape index (κ1) is 12.3. The Kier molecular flexibility index (Phi) is 5.98. The summed E-state index contributed by atoms with van der Waals surface area (Å²) in [4.78, 5) is 20.1. The highest BCUT2D eigenvalue weighted by Crippen LogP contribution is 1.97. The highest BCUT2D eigenvalue weighted by atomic mass is 16.5. The van der Waals surface area contributed by atoms with Crippen molar-refractivity contribution in [2.24, 2.45) is 0 Å². The normalized spacial score (nSPS) is 8.21. The van der Waals surface area contributed by atoms with Gasteiger partial charge in [0, 0.05) is 12.5 Å². The van der Waals surface area contributed by atoms with Crippen molar-refractivity contribution in [2.75, 3.05) is 0 Å². The lowest BCUT2D eigenvalue weighted by Crippen LogP contribution is -2.12. The Hall–Kier alpha value is -1.68. The molecule has 0 aliphatic heterocycles. The van der Waals surface area contributed by atoms with Crippen molar-refractivity contribution in [1.29, 1.82) is 0 Å². The minimum Gasteiger partial charge on any atom is -0.295 e. The molecule has 1 amide bonds. The number of benzene rings is 1. The van der Waals surface area contributed by atoms with Gasteiger partial charge in [-0.3, -0.25) is 14.8 Å². The molecule has 4 nitrogen and oxygen atoms in total. The minimum atomic E-state index is -0.440. The summed E-state index contributed by atoms with van der Waals surface area (Å²) in [5.74, 6) is -0.319. The van der Waals surface area contributed by atoms with E-state index in [-0.39, 0.29) is 5.78 Å². The average Bonchev–Trinajstić information content (AvgIpc) is 2.20. The molecule has 0 aliphatic rings. The van der Waals surface area contributed by atoms with Gasteiger partial charge >= 0.3 is 0 Å². The Labute approximate surface area is 82.5 Å². The van der Waals surface area contributed by atoms with Gasteiger partial charge in [-0.25, -0.2) is 5.48 Å². The van der Waals surface area contributed by atoms with E-state index in [4.69, 9.17) is 5.21 Å². The lowest BCUT2D eigenvalue weighted by molar-refractivity contribution is -0.126. The van der Waals surface area contributed by atoms with Gasteiger partial charge in [0.05, 0.1) is 0 Å². The Bertz CT molecular complexity index is 295. The molecule has 0 aliphatic carbocycles. The molecular weight excluding hydrogens is 182 g/mol. The van der Waals surface area contributed by atoms with Crippen LogP contribution < -0.4 is 5.48 Å². The van der Waals surface area contributed by atoms with E-state index in [0.717, 1.165) is 5.56 Å². The summed E-state index contributed by atoms with van der Waals surface area (Å²) < 4.78 is 0. The van der Waals surface area contributed by atoms with E-state index in [1.807, 2.05) is 30.3 Å². The molecule has 0 bridgehead atoms. The summed E-state index contributed by atoms with van der Waals surface area (Å²) in [6.45, 7) is 2.79. The average molecular weight is 195 g/mol.